The van der Waals surface area contributed by atoms with Crippen LogP contribution in [-0.4, -0.2) is 47.7 Å². The Bertz CT molecular complexity index is 640. The van der Waals surface area contributed by atoms with Gasteiger partial charge in [-0.05, 0) is 39.7 Å². The second kappa shape index (κ2) is 9.94. The molecule has 0 aliphatic rings. The van der Waals surface area contributed by atoms with Crippen molar-refractivity contribution in [2.75, 3.05) is 7.11 Å². The Kier molecular flexibility index (Phi) is 8.28. The lowest BCUT2D eigenvalue weighted by Crippen LogP contribution is -2.53. The van der Waals surface area contributed by atoms with Gasteiger partial charge in [0.15, 0.2) is 0 Å². The molecule has 27 heavy (non-hydrogen) atoms. The molecular weight excluding hydrogens is 348 g/mol. The number of hydrogen-bond acceptors (Lipinski definition) is 5. The molecule has 0 spiro atoms. The fraction of sp³-hybridized carbons (Fsp3) is 0.550. The highest BCUT2D eigenvalue weighted by Gasteiger charge is 2.32. The number of rotatable bonds is 7. The molecule has 0 aliphatic carbocycles. The molecule has 0 aliphatic heterocycles. The van der Waals surface area contributed by atoms with Crippen LogP contribution in [0.15, 0.2) is 30.3 Å². The number of hydrogen-bond donors (Lipinski definition) is 1. The first-order chi connectivity index (χ1) is 12.6. The fourth-order valence-electron chi connectivity index (χ4n) is 2.47. The number of benzene rings is 1. The van der Waals surface area contributed by atoms with Gasteiger partial charge in [-0.15, -0.1) is 0 Å². The Morgan fingerprint density at radius 2 is 1.74 bits per heavy atom. The Balaban J connectivity index is 3.01. The van der Waals surface area contributed by atoms with E-state index in [2.05, 4.69) is 5.32 Å². The van der Waals surface area contributed by atoms with Gasteiger partial charge in [0.25, 0.3) is 0 Å². The van der Waals surface area contributed by atoms with Crippen LogP contribution >= 0.6 is 0 Å². The van der Waals surface area contributed by atoms with E-state index >= 15 is 0 Å². The largest absolute Gasteiger partial charge is 0.467 e. The molecule has 7 nitrogen and oxygen atoms in total. The van der Waals surface area contributed by atoms with Crippen LogP contribution in [-0.2, 0) is 25.6 Å². The third kappa shape index (κ3) is 7.29. The van der Waals surface area contributed by atoms with Gasteiger partial charge >= 0.3 is 12.1 Å². The monoisotopic (exact) mass is 378 g/mol. The summed E-state index contributed by atoms with van der Waals surface area (Å²) in [6, 6.07) is 7.72. The zero-order valence-electron chi connectivity index (χ0n) is 16.9. The van der Waals surface area contributed by atoms with Crippen LogP contribution in [0.4, 0.5) is 4.79 Å². The van der Waals surface area contributed by atoms with Gasteiger partial charge in [-0.1, -0.05) is 37.3 Å². The maximum Gasteiger partial charge on any atom is 0.408 e. The van der Waals surface area contributed by atoms with Gasteiger partial charge in [0.1, 0.15) is 17.7 Å². The maximum atomic E-state index is 13.1. The molecule has 0 fully saturated rings. The van der Waals surface area contributed by atoms with Crippen molar-refractivity contribution in [3.05, 3.63) is 35.9 Å². The van der Waals surface area contributed by atoms with Crippen molar-refractivity contribution in [2.45, 2.75) is 65.3 Å². The lowest BCUT2D eigenvalue weighted by molar-refractivity contribution is -0.153. The summed E-state index contributed by atoms with van der Waals surface area (Å²) < 4.78 is 10.0. The quantitative estimate of drug-likeness (QED) is 0.738. The Labute approximate surface area is 161 Å². The van der Waals surface area contributed by atoms with Crippen molar-refractivity contribution in [1.29, 1.82) is 0 Å². The standard InChI is InChI=1S/C20H30N2O5/c1-7-16(21-19(25)27-20(3,4)5)17(23)22(14(2)18(24)26-6)13-15-11-9-8-10-12-15/h8-12,14,16H,7,13H2,1-6H3,(H,21,25)/t14?,16-/m1/s1. The summed E-state index contributed by atoms with van der Waals surface area (Å²) in [6.45, 7) is 8.85. The molecule has 2 atom stereocenters. The van der Waals surface area contributed by atoms with Crippen molar-refractivity contribution in [2.24, 2.45) is 0 Å². The molecular formula is C20H30N2O5. The zero-order valence-corrected chi connectivity index (χ0v) is 16.9. The van der Waals surface area contributed by atoms with Crippen molar-refractivity contribution >= 4 is 18.0 Å². The van der Waals surface area contributed by atoms with E-state index in [1.807, 2.05) is 30.3 Å². The van der Waals surface area contributed by atoms with Crippen molar-refractivity contribution in [3.8, 4) is 0 Å². The van der Waals surface area contributed by atoms with Gasteiger partial charge in [-0.3, -0.25) is 4.79 Å². The minimum absolute atomic E-state index is 0.225. The number of ether oxygens (including phenoxy) is 2. The normalized spacial score (nSPS) is 13.3. The van der Waals surface area contributed by atoms with Gasteiger partial charge in [-0.25, -0.2) is 9.59 Å². The van der Waals surface area contributed by atoms with Crippen LogP contribution in [0.1, 0.15) is 46.6 Å². The number of amides is 2. The molecule has 0 saturated carbocycles. The molecule has 1 N–H and O–H groups in total. The number of esters is 1. The molecule has 1 aromatic rings. The SMILES string of the molecule is CC[C@@H](NC(=O)OC(C)(C)C)C(=O)N(Cc1ccccc1)C(C)C(=O)OC. The number of nitrogens with zero attached hydrogens (tertiary/aromatic N) is 1. The lowest BCUT2D eigenvalue weighted by Gasteiger charge is -2.31. The number of methoxy groups -OCH3 is 1. The highest BCUT2D eigenvalue weighted by atomic mass is 16.6. The molecule has 0 saturated heterocycles. The highest BCUT2D eigenvalue weighted by Crippen LogP contribution is 2.14. The summed E-state index contributed by atoms with van der Waals surface area (Å²) in [5.74, 6) is -0.892. The Morgan fingerprint density at radius 1 is 1.15 bits per heavy atom. The Hall–Kier alpha value is -2.57. The van der Waals surface area contributed by atoms with E-state index in [0.29, 0.717) is 6.42 Å². The predicted molar refractivity (Wildman–Crippen MR) is 102 cm³/mol. The van der Waals surface area contributed by atoms with Crippen LogP contribution in [0.3, 0.4) is 0 Å². The smallest absolute Gasteiger partial charge is 0.408 e. The van der Waals surface area contributed by atoms with Crippen LogP contribution in [0.5, 0.6) is 0 Å². The second-order valence-corrected chi connectivity index (χ2v) is 7.26. The van der Waals surface area contributed by atoms with Crippen molar-refractivity contribution in [1.82, 2.24) is 10.2 Å². The first-order valence-corrected chi connectivity index (χ1v) is 9.00. The average Bonchev–Trinajstić information content (AvgIpc) is 2.61. The molecule has 0 radical (unpaired) electrons. The van der Waals surface area contributed by atoms with Crippen LogP contribution in [0.2, 0.25) is 0 Å². The molecule has 1 rings (SSSR count). The summed E-state index contributed by atoms with van der Waals surface area (Å²) in [5, 5.41) is 2.60. The molecule has 7 heteroatoms. The molecule has 0 aromatic heterocycles. The maximum absolute atomic E-state index is 13.1. The highest BCUT2D eigenvalue weighted by molar-refractivity contribution is 5.89. The van der Waals surface area contributed by atoms with Gasteiger partial charge in [0.2, 0.25) is 5.91 Å². The van der Waals surface area contributed by atoms with Crippen molar-refractivity contribution < 1.29 is 23.9 Å². The summed E-state index contributed by atoms with van der Waals surface area (Å²) in [5.41, 5.74) is 0.197. The van der Waals surface area contributed by atoms with Gasteiger partial charge < -0.3 is 19.7 Å². The fourth-order valence-corrected chi connectivity index (χ4v) is 2.47. The van der Waals surface area contributed by atoms with E-state index in [-0.39, 0.29) is 12.5 Å². The summed E-state index contributed by atoms with van der Waals surface area (Å²) in [7, 11) is 1.28. The number of nitrogens with one attached hydrogen (secondary N) is 1. The third-order valence-corrected chi connectivity index (χ3v) is 3.89. The average molecular weight is 378 g/mol. The number of carbonyl (C=O) groups is 3. The molecule has 1 unspecified atom stereocenters. The zero-order chi connectivity index (χ0) is 20.6. The van der Waals surface area contributed by atoms with Gasteiger partial charge in [0.05, 0.1) is 7.11 Å². The van der Waals surface area contributed by atoms with E-state index in [1.54, 1.807) is 34.6 Å². The predicted octanol–water partition coefficient (Wildman–Crippen LogP) is 2.88. The van der Waals surface area contributed by atoms with E-state index in [0.717, 1.165) is 5.56 Å². The van der Waals surface area contributed by atoms with E-state index in [9.17, 15) is 14.4 Å². The number of carbonyl (C=O) groups excluding carboxylic acids is 3. The van der Waals surface area contributed by atoms with Gasteiger partial charge in [0, 0.05) is 6.54 Å². The second-order valence-electron chi connectivity index (χ2n) is 7.26. The molecule has 0 bridgehead atoms. The molecule has 150 valence electrons. The number of alkyl carbamates (subject to hydrolysis) is 1. The van der Waals surface area contributed by atoms with Crippen LogP contribution in [0, 0.1) is 0 Å². The van der Waals surface area contributed by atoms with E-state index in [1.165, 1.54) is 12.0 Å². The van der Waals surface area contributed by atoms with Gasteiger partial charge in [-0.2, -0.15) is 0 Å². The molecule has 0 heterocycles. The minimum Gasteiger partial charge on any atom is -0.467 e. The summed E-state index contributed by atoms with van der Waals surface area (Å²) >= 11 is 0. The first-order valence-electron chi connectivity index (χ1n) is 9.00. The molecule has 2 amide bonds. The topological polar surface area (TPSA) is 84.9 Å². The first kappa shape index (κ1) is 22.5. The third-order valence-electron chi connectivity index (χ3n) is 3.89. The van der Waals surface area contributed by atoms with Crippen LogP contribution < -0.4 is 5.32 Å². The molecule has 1 aromatic carbocycles. The van der Waals surface area contributed by atoms with E-state index < -0.39 is 29.7 Å². The summed E-state index contributed by atoms with van der Waals surface area (Å²) in [4.78, 5) is 38.6. The summed E-state index contributed by atoms with van der Waals surface area (Å²) in [6.07, 6.45) is -0.315. The van der Waals surface area contributed by atoms with Crippen molar-refractivity contribution in [3.63, 3.8) is 0 Å². The minimum atomic E-state index is -0.810. The Morgan fingerprint density at radius 3 is 2.22 bits per heavy atom. The lowest BCUT2D eigenvalue weighted by atomic mass is 10.1. The van der Waals surface area contributed by atoms with E-state index in [4.69, 9.17) is 9.47 Å². The van der Waals surface area contributed by atoms with Crippen LogP contribution in [0.25, 0.3) is 0 Å².